The summed E-state index contributed by atoms with van der Waals surface area (Å²) in [4.78, 5) is 10.4. The van der Waals surface area contributed by atoms with Crippen LogP contribution in [-0.2, 0) is 4.74 Å². The van der Waals surface area contributed by atoms with Crippen LogP contribution in [0.2, 0.25) is 0 Å². The molecule has 2 aliphatic rings. The molecular weight excluding hydrogens is 266 g/mol. The first-order valence-electron chi connectivity index (χ1n) is 7.80. The van der Waals surface area contributed by atoms with E-state index in [2.05, 4.69) is 16.0 Å². The number of benzene rings is 1. The number of nitrogens with one attached hydrogen (secondary N) is 1. The molecule has 3 heterocycles. The Balaban J connectivity index is 1.63. The van der Waals surface area contributed by atoms with Gasteiger partial charge in [0.25, 0.3) is 0 Å². The lowest BCUT2D eigenvalue weighted by molar-refractivity contribution is -0.0438. The summed E-state index contributed by atoms with van der Waals surface area (Å²) in [5.74, 6) is 1.12. The lowest BCUT2D eigenvalue weighted by Gasteiger charge is -2.36. The zero-order valence-corrected chi connectivity index (χ0v) is 12.0. The van der Waals surface area contributed by atoms with Gasteiger partial charge in [0, 0.05) is 25.1 Å². The van der Waals surface area contributed by atoms with Crippen molar-refractivity contribution >= 4 is 17.0 Å². The van der Waals surface area contributed by atoms with Crippen molar-refractivity contribution in [1.29, 1.82) is 0 Å². The van der Waals surface area contributed by atoms with E-state index in [1.165, 1.54) is 0 Å². The summed E-state index contributed by atoms with van der Waals surface area (Å²) in [5, 5.41) is 10.3. The minimum atomic E-state index is -0.256. The van der Waals surface area contributed by atoms with Crippen molar-refractivity contribution < 1.29 is 9.84 Å². The summed E-state index contributed by atoms with van der Waals surface area (Å²) >= 11 is 0. The van der Waals surface area contributed by atoms with E-state index in [4.69, 9.17) is 9.72 Å². The second-order valence-corrected chi connectivity index (χ2v) is 6.08. The number of hydrogen-bond acceptors (Lipinski definition) is 4. The van der Waals surface area contributed by atoms with Crippen molar-refractivity contribution in [3.63, 3.8) is 0 Å². The number of fused-ring (bicyclic) bond motifs is 1. The van der Waals surface area contributed by atoms with E-state index in [1.54, 1.807) is 0 Å². The molecule has 2 N–H and O–H groups in total. The molecule has 1 aromatic heterocycles. The smallest absolute Gasteiger partial charge is 0.204 e. The second-order valence-electron chi connectivity index (χ2n) is 6.08. The number of para-hydroxylation sites is 2. The number of hydrogen-bond donors (Lipinski definition) is 2. The Morgan fingerprint density at radius 3 is 3.05 bits per heavy atom. The van der Waals surface area contributed by atoms with Gasteiger partial charge in [-0.3, -0.25) is 0 Å². The Labute approximate surface area is 123 Å². The zero-order valence-electron chi connectivity index (χ0n) is 12.0. The van der Waals surface area contributed by atoms with Gasteiger partial charge in [0.1, 0.15) is 0 Å². The second kappa shape index (κ2) is 5.31. The number of aliphatic hydroxyl groups excluding tert-OH is 1. The molecule has 1 aromatic carbocycles. The summed E-state index contributed by atoms with van der Waals surface area (Å²) in [7, 11) is 0. The van der Waals surface area contributed by atoms with Gasteiger partial charge in [0.05, 0.1) is 23.7 Å². The zero-order chi connectivity index (χ0) is 14.2. The maximum atomic E-state index is 10.3. The van der Waals surface area contributed by atoms with Gasteiger partial charge in [-0.1, -0.05) is 12.1 Å². The first kappa shape index (κ1) is 13.1. The van der Waals surface area contributed by atoms with Crippen molar-refractivity contribution in [3.8, 4) is 0 Å². The number of aromatic amines is 1. The van der Waals surface area contributed by atoms with Crippen LogP contribution < -0.4 is 4.90 Å². The molecule has 21 heavy (non-hydrogen) atoms. The van der Waals surface area contributed by atoms with Crippen molar-refractivity contribution in [1.82, 2.24) is 9.97 Å². The molecule has 2 aromatic rings. The first-order chi connectivity index (χ1) is 10.3. The van der Waals surface area contributed by atoms with E-state index in [9.17, 15) is 5.11 Å². The van der Waals surface area contributed by atoms with Crippen molar-refractivity contribution in [3.05, 3.63) is 24.3 Å². The van der Waals surface area contributed by atoms with Crippen LogP contribution in [0.25, 0.3) is 11.0 Å². The third kappa shape index (κ3) is 2.30. The van der Waals surface area contributed by atoms with Gasteiger partial charge in [-0.25, -0.2) is 4.98 Å². The van der Waals surface area contributed by atoms with E-state index < -0.39 is 0 Å². The molecule has 0 amide bonds. The minimum Gasteiger partial charge on any atom is -0.393 e. The number of rotatable bonds is 2. The summed E-state index contributed by atoms with van der Waals surface area (Å²) in [5.41, 5.74) is 2.07. The van der Waals surface area contributed by atoms with Crippen LogP contribution in [0.15, 0.2) is 24.3 Å². The first-order valence-corrected chi connectivity index (χ1v) is 7.80. The number of ether oxygens (including phenoxy) is 1. The van der Waals surface area contributed by atoms with Crippen LogP contribution in [0.3, 0.4) is 0 Å². The van der Waals surface area contributed by atoms with Crippen LogP contribution in [0.4, 0.5) is 5.95 Å². The molecule has 2 saturated heterocycles. The number of anilines is 1. The molecule has 0 spiro atoms. The Morgan fingerprint density at radius 2 is 2.19 bits per heavy atom. The fraction of sp³-hybridized carbons (Fsp3) is 0.562. The number of aliphatic hydroxyl groups is 1. The van der Waals surface area contributed by atoms with Gasteiger partial charge in [-0.05, 0) is 31.4 Å². The van der Waals surface area contributed by atoms with E-state index in [0.717, 1.165) is 42.8 Å². The lowest BCUT2D eigenvalue weighted by atomic mass is 9.89. The van der Waals surface area contributed by atoms with Gasteiger partial charge in [-0.2, -0.15) is 0 Å². The van der Waals surface area contributed by atoms with Gasteiger partial charge in [0.2, 0.25) is 5.95 Å². The monoisotopic (exact) mass is 287 g/mol. The molecule has 4 rings (SSSR count). The standard InChI is InChI=1S/C16H21N3O2/c20-15-7-9-21-10-11(15)14-6-3-8-19(14)16-17-12-4-1-2-5-13(12)18-16/h1-2,4-5,11,14-15,20H,3,6-10H2,(H,17,18). The highest BCUT2D eigenvalue weighted by Gasteiger charge is 2.38. The van der Waals surface area contributed by atoms with Crippen LogP contribution in [0, 0.1) is 5.92 Å². The van der Waals surface area contributed by atoms with Gasteiger partial charge >= 0.3 is 0 Å². The predicted octanol–water partition coefficient (Wildman–Crippen LogP) is 1.93. The van der Waals surface area contributed by atoms with E-state index in [0.29, 0.717) is 19.3 Å². The number of aromatic nitrogens is 2. The topological polar surface area (TPSA) is 61.4 Å². The number of H-pyrrole nitrogens is 1. The normalized spacial score (nSPS) is 30.1. The maximum Gasteiger partial charge on any atom is 0.204 e. The van der Waals surface area contributed by atoms with Crippen molar-refractivity contribution in [2.45, 2.75) is 31.4 Å². The molecule has 0 radical (unpaired) electrons. The Bertz CT molecular complexity index is 594. The van der Waals surface area contributed by atoms with Gasteiger partial charge < -0.3 is 19.7 Å². The fourth-order valence-electron chi connectivity index (χ4n) is 3.69. The molecule has 0 aliphatic carbocycles. The Morgan fingerprint density at radius 1 is 1.29 bits per heavy atom. The van der Waals surface area contributed by atoms with Crippen molar-refractivity contribution in [2.24, 2.45) is 5.92 Å². The number of imidazole rings is 1. The van der Waals surface area contributed by atoms with Crippen LogP contribution in [-0.4, -0.2) is 47.0 Å². The predicted molar refractivity (Wildman–Crippen MR) is 81.4 cm³/mol. The lowest BCUT2D eigenvalue weighted by Crippen LogP contribution is -2.46. The van der Waals surface area contributed by atoms with Gasteiger partial charge in [0.15, 0.2) is 0 Å². The molecule has 0 saturated carbocycles. The van der Waals surface area contributed by atoms with Crippen molar-refractivity contribution in [2.75, 3.05) is 24.7 Å². The summed E-state index contributed by atoms with van der Waals surface area (Å²) in [6, 6.07) is 8.42. The van der Waals surface area contributed by atoms with E-state index >= 15 is 0 Å². The summed E-state index contributed by atoms with van der Waals surface area (Å²) in [6.45, 7) is 2.32. The molecule has 2 aliphatic heterocycles. The van der Waals surface area contributed by atoms with E-state index in [1.807, 2.05) is 18.2 Å². The number of nitrogens with zero attached hydrogens (tertiary/aromatic N) is 2. The third-order valence-corrected chi connectivity index (χ3v) is 4.80. The third-order valence-electron chi connectivity index (χ3n) is 4.80. The highest BCUT2D eigenvalue weighted by Crippen LogP contribution is 2.33. The molecule has 3 atom stereocenters. The van der Waals surface area contributed by atoms with Crippen LogP contribution in [0.1, 0.15) is 19.3 Å². The summed E-state index contributed by atoms with van der Waals surface area (Å²) in [6.07, 6.45) is 2.73. The van der Waals surface area contributed by atoms with Gasteiger partial charge in [-0.15, -0.1) is 0 Å². The molecule has 0 bridgehead atoms. The maximum absolute atomic E-state index is 10.3. The molecular formula is C16H21N3O2. The average Bonchev–Trinajstić information content (AvgIpc) is 3.13. The summed E-state index contributed by atoms with van der Waals surface area (Å²) < 4.78 is 5.59. The highest BCUT2D eigenvalue weighted by molar-refractivity contribution is 5.77. The average molecular weight is 287 g/mol. The molecule has 112 valence electrons. The highest BCUT2D eigenvalue weighted by atomic mass is 16.5. The fourth-order valence-corrected chi connectivity index (χ4v) is 3.69. The van der Waals surface area contributed by atoms with Crippen LogP contribution in [0.5, 0.6) is 0 Å². The van der Waals surface area contributed by atoms with E-state index in [-0.39, 0.29) is 12.0 Å². The Hall–Kier alpha value is -1.59. The minimum absolute atomic E-state index is 0.189. The SMILES string of the molecule is OC1CCOCC1C1CCCN1c1nc2ccccc2[nH]1. The largest absolute Gasteiger partial charge is 0.393 e. The molecule has 3 unspecified atom stereocenters. The molecule has 5 nitrogen and oxygen atoms in total. The Kier molecular flexibility index (Phi) is 3.31. The molecule has 5 heteroatoms. The molecule has 2 fully saturated rings. The van der Waals surface area contributed by atoms with Crippen LogP contribution >= 0.6 is 0 Å². The quantitative estimate of drug-likeness (QED) is 0.886.